The number of para-hydroxylation sites is 1. The van der Waals surface area contributed by atoms with Crippen LogP contribution >= 0.6 is 0 Å². The van der Waals surface area contributed by atoms with E-state index in [1.807, 2.05) is 58.0 Å². The summed E-state index contributed by atoms with van der Waals surface area (Å²) in [4.78, 5) is 24.6. The summed E-state index contributed by atoms with van der Waals surface area (Å²) in [6.07, 6.45) is -0.0496. The normalized spacial score (nSPS) is 12.2. The Morgan fingerprint density at radius 1 is 0.962 bits per heavy atom. The number of amides is 2. The van der Waals surface area contributed by atoms with Gasteiger partial charge >= 0.3 is 0 Å². The van der Waals surface area contributed by atoms with Crippen molar-refractivity contribution in [1.29, 1.82) is 0 Å². The number of carbonyl (C=O) groups is 2. The lowest BCUT2D eigenvalue weighted by Crippen LogP contribution is -2.32. The van der Waals surface area contributed by atoms with E-state index in [-0.39, 0.29) is 11.8 Å². The van der Waals surface area contributed by atoms with Gasteiger partial charge in [-0.05, 0) is 36.8 Å². The molecular weight excluding hydrogens is 328 g/mol. The second-order valence-corrected chi connectivity index (χ2v) is 7.10. The Morgan fingerprint density at radius 2 is 1.58 bits per heavy atom. The van der Waals surface area contributed by atoms with Crippen LogP contribution in [0.2, 0.25) is 0 Å². The molecule has 0 saturated carbocycles. The van der Waals surface area contributed by atoms with Crippen LogP contribution < -0.4 is 15.4 Å². The first-order valence-corrected chi connectivity index (χ1v) is 8.73. The molecule has 0 aliphatic rings. The van der Waals surface area contributed by atoms with E-state index in [1.165, 1.54) is 0 Å². The number of benzene rings is 2. The lowest BCUT2D eigenvalue weighted by Gasteiger charge is -2.19. The fourth-order valence-electron chi connectivity index (χ4n) is 2.20. The molecule has 0 spiro atoms. The number of rotatable bonds is 6. The monoisotopic (exact) mass is 354 g/mol. The standard InChI is InChI=1S/C21H26N2O3/c1-5-18(26-17-12-7-6-8-13-17)19(24)22-15-10-9-11-16(14-15)23-20(25)21(2,3)4/h6-14,18H,5H2,1-4H3,(H,22,24)(H,23,25). The topological polar surface area (TPSA) is 67.4 Å². The van der Waals surface area contributed by atoms with Crippen LogP contribution in [0.3, 0.4) is 0 Å². The van der Waals surface area contributed by atoms with Crippen molar-refractivity contribution in [3.05, 3.63) is 54.6 Å². The van der Waals surface area contributed by atoms with Gasteiger partial charge in [0.15, 0.2) is 6.10 Å². The average molecular weight is 354 g/mol. The van der Waals surface area contributed by atoms with E-state index in [0.717, 1.165) is 0 Å². The third-order valence-corrected chi connectivity index (χ3v) is 3.75. The van der Waals surface area contributed by atoms with Crippen molar-refractivity contribution in [3.8, 4) is 5.75 Å². The van der Waals surface area contributed by atoms with E-state index in [0.29, 0.717) is 23.5 Å². The fraction of sp³-hybridized carbons (Fsp3) is 0.333. The maximum Gasteiger partial charge on any atom is 0.265 e. The molecule has 0 heterocycles. The molecule has 5 nitrogen and oxygen atoms in total. The molecule has 0 aliphatic carbocycles. The molecule has 1 unspecified atom stereocenters. The van der Waals surface area contributed by atoms with Crippen molar-refractivity contribution in [2.45, 2.75) is 40.2 Å². The summed E-state index contributed by atoms with van der Waals surface area (Å²) in [6.45, 7) is 7.44. The second kappa shape index (κ2) is 8.52. The molecule has 2 rings (SSSR count). The minimum atomic E-state index is -0.592. The summed E-state index contributed by atoms with van der Waals surface area (Å²) >= 11 is 0. The van der Waals surface area contributed by atoms with Crippen molar-refractivity contribution in [1.82, 2.24) is 0 Å². The molecule has 2 amide bonds. The highest BCUT2D eigenvalue weighted by molar-refractivity contribution is 5.97. The smallest absolute Gasteiger partial charge is 0.265 e. The summed E-state index contributed by atoms with van der Waals surface area (Å²) in [5.74, 6) is 0.344. The van der Waals surface area contributed by atoms with Crippen LogP contribution in [0, 0.1) is 5.41 Å². The summed E-state index contributed by atoms with van der Waals surface area (Å²) in [7, 11) is 0. The highest BCUT2D eigenvalue weighted by Crippen LogP contribution is 2.21. The Hall–Kier alpha value is -2.82. The first-order chi connectivity index (χ1) is 12.3. The van der Waals surface area contributed by atoms with Crippen LogP contribution in [0.1, 0.15) is 34.1 Å². The van der Waals surface area contributed by atoms with Crippen LogP contribution in [0.4, 0.5) is 11.4 Å². The molecule has 2 aromatic carbocycles. The Kier molecular flexibility index (Phi) is 6.39. The van der Waals surface area contributed by atoms with E-state index in [9.17, 15) is 9.59 Å². The number of ether oxygens (including phenoxy) is 1. The summed E-state index contributed by atoms with van der Waals surface area (Å²) < 4.78 is 5.76. The SMILES string of the molecule is CCC(Oc1ccccc1)C(=O)Nc1cccc(NC(=O)C(C)(C)C)c1. The van der Waals surface area contributed by atoms with E-state index in [4.69, 9.17) is 4.74 Å². The Bertz CT molecular complexity index is 751. The van der Waals surface area contributed by atoms with Gasteiger partial charge in [-0.15, -0.1) is 0 Å². The fourth-order valence-corrected chi connectivity index (χ4v) is 2.20. The zero-order chi connectivity index (χ0) is 19.2. The number of hydrogen-bond acceptors (Lipinski definition) is 3. The number of anilines is 2. The summed E-state index contributed by atoms with van der Waals surface area (Å²) in [6, 6.07) is 16.3. The van der Waals surface area contributed by atoms with Crippen molar-refractivity contribution in [2.24, 2.45) is 5.41 Å². The van der Waals surface area contributed by atoms with E-state index < -0.39 is 11.5 Å². The van der Waals surface area contributed by atoms with E-state index in [1.54, 1.807) is 24.3 Å². The van der Waals surface area contributed by atoms with Crippen molar-refractivity contribution >= 4 is 23.2 Å². The van der Waals surface area contributed by atoms with Gasteiger partial charge in [0.25, 0.3) is 5.91 Å². The van der Waals surface area contributed by atoms with Crippen molar-refractivity contribution < 1.29 is 14.3 Å². The minimum Gasteiger partial charge on any atom is -0.481 e. The van der Waals surface area contributed by atoms with Gasteiger partial charge in [0.1, 0.15) is 5.75 Å². The molecule has 0 fully saturated rings. The van der Waals surface area contributed by atoms with Gasteiger partial charge in [0, 0.05) is 16.8 Å². The largest absolute Gasteiger partial charge is 0.481 e. The maximum atomic E-state index is 12.5. The molecule has 2 aromatic rings. The van der Waals surface area contributed by atoms with Crippen molar-refractivity contribution in [3.63, 3.8) is 0 Å². The maximum absolute atomic E-state index is 12.5. The van der Waals surface area contributed by atoms with Gasteiger partial charge in [-0.3, -0.25) is 9.59 Å². The lowest BCUT2D eigenvalue weighted by atomic mass is 9.95. The Labute approximate surface area is 154 Å². The third kappa shape index (κ3) is 5.62. The van der Waals surface area contributed by atoms with Gasteiger partial charge in [-0.1, -0.05) is 52.0 Å². The first-order valence-electron chi connectivity index (χ1n) is 8.73. The second-order valence-electron chi connectivity index (χ2n) is 7.10. The van der Waals surface area contributed by atoms with Crippen LogP contribution in [0.15, 0.2) is 54.6 Å². The molecule has 0 aliphatic heterocycles. The summed E-state index contributed by atoms with van der Waals surface area (Å²) in [5, 5.41) is 5.71. The Morgan fingerprint density at radius 3 is 2.15 bits per heavy atom. The van der Waals surface area contributed by atoms with Crippen molar-refractivity contribution in [2.75, 3.05) is 10.6 Å². The van der Waals surface area contributed by atoms with Gasteiger partial charge in [-0.2, -0.15) is 0 Å². The molecule has 138 valence electrons. The molecule has 0 aromatic heterocycles. The molecule has 2 N–H and O–H groups in total. The molecule has 1 atom stereocenters. The first kappa shape index (κ1) is 19.5. The Balaban J connectivity index is 2.03. The van der Waals surface area contributed by atoms with E-state index in [2.05, 4.69) is 10.6 Å². The quantitative estimate of drug-likeness (QED) is 0.804. The third-order valence-electron chi connectivity index (χ3n) is 3.75. The van der Waals surface area contributed by atoms with Crippen LogP contribution in [-0.4, -0.2) is 17.9 Å². The molecular formula is C21H26N2O3. The predicted octanol–water partition coefficient (Wildman–Crippen LogP) is 4.47. The minimum absolute atomic E-state index is 0.0835. The zero-order valence-corrected chi connectivity index (χ0v) is 15.7. The predicted molar refractivity (Wildman–Crippen MR) is 104 cm³/mol. The molecule has 0 radical (unpaired) electrons. The van der Waals surface area contributed by atoms with Crippen LogP contribution in [0.5, 0.6) is 5.75 Å². The summed E-state index contributed by atoms with van der Waals surface area (Å²) in [5.41, 5.74) is 0.757. The molecule has 5 heteroatoms. The number of hydrogen-bond donors (Lipinski definition) is 2. The van der Waals surface area contributed by atoms with Gasteiger partial charge in [0.05, 0.1) is 0 Å². The van der Waals surface area contributed by atoms with Gasteiger partial charge in [0.2, 0.25) is 5.91 Å². The number of nitrogens with one attached hydrogen (secondary N) is 2. The van der Waals surface area contributed by atoms with Gasteiger partial charge in [-0.25, -0.2) is 0 Å². The van der Waals surface area contributed by atoms with Gasteiger partial charge < -0.3 is 15.4 Å². The lowest BCUT2D eigenvalue weighted by molar-refractivity contribution is -0.123. The van der Waals surface area contributed by atoms with Crippen LogP contribution in [0.25, 0.3) is 0 Å². The van der Waals surface area contributed by atoms with Crippen LogP contribution in [-0.2, 0) is 9.59 Å². The highest BCUT2D eigenvalue weighted by atomic mass is 16.5. The zero-order valence-electron chi connectivity index (χ0n) is 15.7. The molecule has 26 heavy (non-hydrogen) atoms. The average Bonchev–Trinajstić information content (AvgIpc) is 2.60. The molecule has 0 bridgehead atoms. The number of carbonyl (C=O) groups excluding carboxylic acids is 2. The molecule has 0 saturated heterocycles. The highest BCUT2D eigenvalue weighted by Gasteiger charge is 2.22. The van der Waals surface area contributed by atoms with E-state index >= 15 is 0 Å².